The number of rotatable bonds is 5. The number of allylic oxidation sites excluding steroid dienone is 3. The Morgan fingerprint density at radius 3 is 2.68 bits per heavy atom. The number of ketones is 1. The third kappa shape index (κ3) is 4.24. The molecular weight excluding hydrogens is 390 g/mol. The highest BCUT2D eigenvalue weighted by Gasteiger charge is 2.38. The number of nitrogens with one attached hydrogen (secondary N) is 2. The highest BCUT2D eigenvalue weighted by Crippen LogP contribution is 2.42. The molecule has 2 aliphatic rings. The first-order valence-corrected chi connectivity index (χ1v) is 10.7. The zero-order chi connectivity index (χ0) is 22.0. The zero-order valence-electron chi connectivity index (χ0n) is 18.1. The number of hydrogen-bond donors (Lipinski definition) is 2. The van der Waals surface area contributed by atoms with Crippen LogP contribution in [0.5, 0.6) is 5.75 Å². The van der Waals surface area contributed by atoms with Gasteiger partial charge in [-0.25, -0.2) is 4.98 Å². The van der Waals surface area contributed by atoms with Crippen molar-refractivity contribution < 1.29 is 14.3 Å². The molecule has 2 heterocycles. The number of carbonyl (C=O) groups excluding carboxylic acids is 2. The number of Topliss-reactive ketones (excluding diaryl/α,β-unsaturated/α-hetero) is 1. The van der Waals surface area contributed by atoms with Gasteiger partial charge >= 0.3 is 0 Å². The van der Waals surface area contributed by atoms with Crippen molar-refractivity contribution in [3.8, 4) is 5.75 Å². The Bertz CT molecular complexity index is 1080. The lowest BCUT2D eigenvalue weighted by molar-refractivity contribution is -0.116. The van der Waals surface area contributed by atoms with E-state index in [1.165, 1.54) is 0 Å². The summed E-state index contributed by atoms with van der Waals surface area (Å²) in [6, 6.07) is 11.4. The van der Waals surface area contributed by atoms with E-state index in [0.717, 1.165) is 41.1 Å². The fourth-order valence-corrected chi connectivity index (χ4v) is 4.33. The number of aryl methyl sites for hydroxylation is 1. The normalized spacial score (nSPS) is 18.4. The van der Waals surface area contributed by atoms with Crippen LogP contribution in [-0.2, 0) is 9.59 Å². The van der Waals surface area contributed by atoms with Gasteiger partial charge in [0.05, 0.1) is 6.61 Å². The van der Waals surface area contributed by atoms with Crippen molar-refractivity contribution in [2.45, 2.75) is 46.0 Å². The van der Waals surface area contributed by atoms with Gasteiger partial charge in [-0.1, -0.05) is 12.1 Å². The summed E-state index contributed by atoms with van der Waals surface area (Å²) in [6.45, 7) is 6.36. The molecule has 1 aromatic heterocycles. The molecule has 1 unspecified atom stereocenters. The molecule has 160 valence electrons. The van der Waals surface area contributed by atoms with Gasteiger partial charge in [0.15, 0.2) is 5.78 Å². The number of anilines is 1. The molecule has 31 heavy (non-hydrogen) atoms. The van der Waals surface area contributed by atoms with Crippen LogP contribution < -0.4 is 15.4 Å². The van der Waals surface area contributed by atoms with Gasteiger partial charge in [-0.15, -0.1) is 0 Å². The van der Waals surface area contributed by atoms with Crippen LogP contribution in [0.4, 0.5) is 5.82 Å². The molecule has 0 radical (unpaired) electrons. The molecule has 2 aromatic rings. The molecular formula is C25H27N3O3. The molecule has 1 amide bonds. The van der Waals surface area contributed by atoms with Crippen molar-refractivity contribution in [3.05, 3.63) is 76.3 Å². The second-order valence-corrected chi connectivity index (χ2v) is 7.94. The summed E-state index contributed by atoms with van der Waals surface area (Å²) in [5, 5.41) is 6.26. The summed E-state index contributed by atoms with van der Waals surface area (Å²) in [5.41, 5.74) is 4.84. The molecule has 0 spiro atoms. The minimum absolute atomic E-state index is 0.0964. The first-order valence-electron chi connectivity index (χ1n) is 10.7. The van der Waals surface area contributed by atoms with Gasteiger partial charge < -0.3 is 15.4 Å². The summed E-state index contributed by atoms with van der Waals surface area (Å²) in [5.74, 6) is 0.668. The smallest absolute Gasteiger partial charge is 0.255 e. The Morgan fingerprint density at radius 2 is 1.97 bits per heavy atom. The van der Waals surface area contributed by atoms with Gasteiger partial charge in [0, 0.05) is 41.1 Å². The van der Waals surface area contributed by atoms with Crippen molar-refractivity contribution in [2.24, 2.45) is 0 Å². The number of hydrogen-bond acceptors (Lipinski definition) is 5. The number of ether oxygens (including phenoxy) is 1. The highest BCUT2D eigenvalue weighted by molar-refractivity contribution is 6.09. The maximum Gasteiger partial charge on any atom is 0.255 e. The Kier molecular flexibility index (Phi) is 5.89. The van der Waals surface area contributed by atoms with E-state index in [0.29, 0.717) is 30.0 Å². The van der Waals surface area contributed by atoms with E-state index in [2.05, 4.69) is 15.6 Å². The first kappa shape index (κ1) is 20.8. The molecule has 0 bridgehead atoms. The number of pyridine rings is 1. The van der Waals surface area contributed by atoms with Crippen molar-refractivity contribution in [1.82, 2.24) is 10.3 Å². The largest absolute Gasteiger partial charge is 0.494 e. The molecule has 6 heteroatoms. The van der Waals surface area contributed by atoms with Gasteiger partial charge in [0.1, 0.15) is 11.6 Å². The Morgan fingerprint density at radius 1 is 1.19 bits per heavy atom. The van der Waals surface area contributed by atoms with Gasteiger partial charge in [0.25, 0.3) is 5.91 Å². The van der Waals surface area contributed by atoms with Crippen LogP contribution in [0.3, 0.4) is 0 Å². The van der Waals surface area contributed by atoms with Crippen molar-refractivity contribution in [3.63, 3.8) is 0 Å². The molecule has 1 aromatic carbocycles. The predicted octanol–water partition coefficient (Wildman–Crippen LogP) is 4.40. The standard InChI is InChI=1S/C25H27N3O3/c1-4-31-18-10-8-17(9-11-18)23-22(25(30)28-21-14-15(2)12-13-26-21)16(3)27-19-6-5-7-20(29)24(19)23/h8-14,23,27H,4-7H2,1-3H3,(H,26,28,30). The lowest BCUT2D eigenvalue weighted by Gasteiger charge is -2.34. The van der Waals surface area contributed by atoms with Crippen molar-refractivity contribution in [2.75, 3.05) is 11.9 Å². The minimum atomic E-state index is -0.426. The van der Waals surface area contributed by atoms with Crippen LogP contribution in [0, 0.1) is 6.92 Å². The van der Waals surface area contributed by atoms with E-state index < -0.39 is 5.92 Å². The summed E-state index contributed by atoms with van der Waals surface area (Å²) in [7, 11) is 0. The van der Waals surface area contributed by atoms with Crippen LogP contribution in [0.15, 0.2) is 65.1 Å². The Labute approximate surface area is 182 Å². The lowest BCUT2D eigenvalue weighted by Crippen LogP contribution is -2.35. The van der Waals surface area contributed by atoms with Crippen LogP contribution >= 0.6 is 0 Å². The maximum atomic E-state index is 13.4. The summed E-state index contributed by atoms with van der Waals surface area (Å²) >= 11 is 0. The van der Waals surface area contributed by atoms with Crippen LogP contribution in [0.1, 0.15) is 50.2 Å². The SMILES string of the molecule is CCOc1ccc(C2C(C(=O)Nc3cc(C)ccn3)=C(C)NC3=C2C(=O)CCC3)cc1. The average Bonchev–Trinajstić information content (AvgIpc) is 2.74. The van der Waals surface area contributed by atoms with E-state index in [9.17, 15) is 9.59 Å². The minimum Gasteiger partial charge on any atom is -0.494 e. The third-order valence-corrected chi connectivity index (χ3v) is 5.70. The van der Waals surface area contributed by atoms with E-state index >= 15 is 0 Å². The van der Waals surface area contributed by atoms with Gasteiger partial charge in [0.2, 0.25) is 0 Å². The van der Waals surface area contributed by atoms with Crippen LogP contribution in [-0.4, -0.2) is 23.3 Å². The zero-order valence-corrected chi connectivity index (χ0v) is 18.1. The fourth-order valence-electron chi connectivity index (χ4n) is 4.33. The number of aromatic nitrogens is 1. The molecule has 1 aliphatic heterocycles. The number of amides is 1. The molecule has 2 N–H and O–H groups in total. The van der Waals surface area contributed by atoms with E-state index in [1.807, 2.05) is 57.2 Å². The van der Waals surface area contributed by atoms with Crippen LogP contribution in [0.25, 0.3) is 0 Å². The number of benzene rings is 1. The summed E-state index contributed by atoms with van der Waals surface area (Å²) < 4.78 is 5.57. The second-order valence-electron chi connectivity index (χ2n) is 7.94. The summed E-state index contributed by atoms with van der Waals surface area (Å²) in [4.78, 5) is 30.6. The lowest BCUT2D eigenvalue weighted by atomic mass is 9.75. The van der Waals surface area contributed by atoms with Crippen molar-refractivity contribution in [1.29, 1.82) is 0 Å². The molecule has 0 saturated heterocycles. The van der Waals surface area contributed by atoms with Crippen LogP contribution in [0.2, 0.25) is 0 Å². The van der Waals surface area contributed by atoms with E-state index in [-0.39, 0.29) is 11.7 Å². The third-order valence-electron chi connectivity index (χ3n) is 5.70. The van der Waals surface area contributed by atoms with Gasteiger partial charge in [-0.3, -0.25) is 9.59 Å². The first-order chi connectivity index (χ1) is 15.0. The number of nitrogens with zero attached hydrogens (tertiary/aromatic N) is 1. The average molecular weight is 418 g/mol. The molecule has 0 fully saturated rings. The fraction of sp³-hybridized carbons (Fsp3) is 0.320. The Balaban J connectivity index is 1.75. The molecule has 0 saturated carbocycles. The molecule has 1 atom stereocenters. The number of carbonyl (C=O) groups is 2. The van der Waals surface area contributed by atoms with E-state index in [1.54, 1.807) is 6.20 Å². The molecule has 1 aliphatic carbocycles. The Hall–Kier alpha value is -3.41. The topological polar surface area (TPSA) is 80.3 Å². The quantitative estimate of drug-likeness (QED) is 0.754. The second kappa shape index (κ2) is 8.76. The van der Waals surface area contributed by atoms with Gasteiger partial charge in [-0.05, 0) is 69.0 Å². The predicted molar refractivity (Wildman–Crippen MR) is 120 cm³/mol. The monoisotopic (exact) mass is 417 g/mol. The van der Waals surface area contributed by atoms with Gasteiger partial charge in [-0.2, -0.15) is 0 Å². The van der Waals surface area contributed by atoms with Crippen molar-refractivity contribution >= 4 is 17.5 Å². The maximum absolute atomic E-state index is 13.4. The molecule has 4 rings (SSSR count). The highest BCUT2D eigenvalue weighted by atomic mass is 16.5. The van der Waals surface area contributed by atoms with E-state index in [4.69, 9.17) is 4.74 Å². The molecule has 6 nitrogen and oxygen atoms in total. The number of dihydropyridines is 1. The summed E-state index contributed by atoms with van der Waals surface area (Å²) in [6.07, 6.45) is 3.80.